The SMILES string of the molecule is CC(C)(C)OC(=O)Nc1cccc(C#CC#CCO)c1. The van der Waals surface area contributed by atoms with Gasteiger partial charge >= 0.3 is 6.09 Å². The molecule has 2 N–H and O–H groups in total. The molecule has 0 spiro atoms. The van der Waals surface area contributed by atoms with Gasteiger partial charge in [-0.1, -0.05) is 17.9 Å². The number of hydrogen-bond donors (Lipinski definition) is 2. The van der Waals surface area contributed by atoms with E-state index in [1.165, 1.54) is 0 Å². The zero-order chi connectivity index (χ0) is 15.0. The zero-order valence-electron chi connectivity index (χ0n) is 11.8. The molecular formula is C16H17NO3. The Morgan fingerprint density at radius 2 is 2.10 bits per heavy atom. The number of benzene rings is 1. The fraction of sp³-hybridized carbons (Fsp3) is 0.312. The van der Waals surface area contributed by atoms with E-state index in [0.717, 1.165) is 0 Å². The molecule has 4 nitrogen and oxygen atoms in total. The minimum absolute atomic E-state index is 0.213. The maximum Gasteiger partial charge on any atom is 0.412 e. The second-order valence-electron chi connectivity index (χ2n) is 4.92. The molecular weight excluding hydrogens is 254 g/mol. The summed E-state index contributed by atoms with van der Waals surface area (Å²) in [5.41, 5.74) is 0.772. The van der Waals surface area contributed by atoms with Crippen LogP contribution in [0.4, 0.5) is 10.5 Å². The van der Waals surface area contributed by atoms with Crippen LogP contribution < -0.4 is 5.32 Å². The lowest BCUT2D eigenvalue weighted by atomic mass is 10.2. The van der Waals surface area contributed by atoms with Crippen LogP contribution in [-0.4, -0.2) is 23.4 Å². The molecule has 1 aromatic rings. The van der Waals surface area contributed by atoms with Crippen molar-refractivity contribution in [2.45, 2.75) is 26.4 Å². The molecule has 0 aromatic heterocycles. The molecule has 0 unspecified atom stereocenters. The van der Waals surface area contributed by atoms with E-state index in [2.05, 4.69) is 29.0 Å². The van der Waals surface area contributed by atoms with Crippen LogP contribution >= 0.6 is 0 Å². The lowest BCUT2D eigenvalue weighted by molar-refractivity contribution is 0.0636. The molecule has 104 valence electrons. The summed E-state index contributed by atoms with van der Waals surface area (Å²) in [5, 5.41) is 11.1. The van der Waals surface area contributed by atoms with E-state index in [1.807, 2.05) is 0 Å². The molecule has 20 heavy (non-hydrogen) atoms. The number of carbonyl (C=O) groups is 1. The number of ether oxygens (including phenoxy) is 1. The molecule has 0 heterocycles. The average molecular weight is 271 g/mol. The molecule has 0 aliphatic heterocycles. The first kappa shape index (κ1) is 15.6. The normalized spacial score (nSPS) is 9.60. The Bertz CT molecular complexity index is 592. The summed E-state index contributed by atoms with van der Waals surface area (Å²) in [7, 11) is 0. The summed E-state index contributed by atoms with van der Waals surface area (Å²) in [4.78, 5) is 11.6. The second kappa shape index (κ2) is 7.23. The summed E-state index contributed by atoms with van der Waals surface area (Å²) >= 11 is 0. The van der Waals surface area contributed by atoms with Gasteiger partial charge in [-0.3, -0.25) is 5.32 Å². The Balaban J connectivity index is 2.73. The summed E-state index contributed by atoms with van der Waals surface area (Å²) in [6.45, 7) is 5.19. The number of nitrogens with one attached hydrogen (secondary N) is 1. The van der Waals surface area contributed by atoms with Crippen molar-refractivity contribution in [1.82, 2.24) is 0 Å². The fourth-order valence-corrected chi connectivity index (χ4v) is 1.28. The van der Waals surface area contributed by atoms with Gasteiger partial charge in [-0.2, -0.15) is 0 Å². The highest BCUT2D eigenvalue weighted by Gasteiger charge is 2.15. The predicted molar refractivity (Wildman–Crippen MR) is 78.0 cm³/mol. The summed E-state index contributed by atoms with van der Waals surface area (Å²) < 4.78 is 5.16. The molecule has 4 heteroatoms. The van der Waals surface area contributed by atoms with E-state index >= 15 is 0 Å². The first-order chi connectivity index (χ1) is 9.40. The van der Waals surface area contributed by atoms with Gasteiger partial charge in [0.2, 0.25) is 0 Å². The van der Waals surface area contributed by atoms with Crippen LogP contribution in [0.5, 0.6) is 0 Å². The fourth-order valence-electron chi connectivity index (χ4n) is 1.28. The minimum Gasteiger partial charge on any atom is -0.444 e. The van der Waals surface area contributed by atoms with Crippen LogP contribution in [0.15, 0.2) is 24.3 Å². The molecule has 1 rings (SSSR count). The highest BCUT2D eigenvalue weighted by molar-refractivity contribution is 5.85. The third kappa shape index (κ3) is 6.49. The zero-order valence-corrected chi connectivity index (χ0v) is 11.8. The standard InChI is InChI=1S/C16H17NO3/c1-16(2,3)20-15(19)17-14-10-7-9-13(12-14)8-5-4-6-11-18/h7,9-10,12,18H,11H2,1-3H3,(H,17,19). The molecule has 0 atom stereocenters. The molecule has 0 aliphatic rings. The molecule has 1 aromatic carbocycles. The molecule has 0 aliphatic carbocycles. The first-order valence-corrected chi connectivity index (χ1v) is 6.10. The van der Waals surface area contributed by atoms with Crippen molar-refractivity contribution < 1.29 is 14.6 Å². The van der Waals surface area contributed by atoms with Crippen molar-refractivity contribution >= 4 is 11.8 Å². The summed E-state index contributed by atoms with van der Waals surface area (Å²) in [6, 6.07) is 7.04. The van der Waals surface area contributed by atoms with Crippen molar-refractivity contribution in [1.29, 1.82) is 0 Å². The number of hydrogen-bond acceptors (Lipinski definition) is 3. The minimum atomic E-state index is -0.540. The number of aliphatic hydroxyl groups is 1. The van der Waals surface area contributed by atoms with Gasteiger partial charge in [0.25, 0.3) is 0 Å². The largest absolute Gasteiger partial charge is 0.444 e. The second-order valence-corrected chi connectivity index (χ2v) is 4.92. The van der Waals surface area contributed by atoms with E-state index in [0.29, 0.717) is 11.3 Å². The van der Waals surface area contributed by atoms with Gasteiger partial charge in [0, 0.05) is 11.3 Å². The van der Waals surface area contributed by atoms with Crippen molar-refractivity contribution in [3.63, 3.8) is 0 Å². The van der Waals surface area contributed by atoms with Crippen LogP contribution in [0.25, 0.3) is 0 Å². The number of aliphatic hydroxyl groups excluding tert-OH is 1. The van der Waals surface area contributed by atoms with Crippen LogP contribution in [0, 0.1) is 23.7 Å². The number of carbonyl (C=O) groups excluding carboxylic acids is 1. The van der Waals surface area contributed by atoms with E-state index in [1.54, 1.807) is 45.0 Å². The van der Waals surface area contributed by atoms with E-state index in [-0.39, 0.29) is 6.61 Å². The van der Waals surface area contributed by atoms with Gasteiger partial charge in [-0.15, -0.1) is 0 Å². The number of rotatable bonds is 1. The van der Waals surface area contributed by atoms with Crippen molar-refractivity contribution in [3.05, 3.63) is 29.8 Å². The highest BCUT2D eigenvalue weighted by atomic mass is 16.6. The highest BCUT2D eigenvalue weighted by Crippen LogP contribution is 2.13. The lowest BCUT2D eigenvalue weighted by Crippen LogP contribution is -2.27. The Kier molecular flexibility index (Phi) is 5.65. The molecule has 0 radical (unpaired) electrons. The van der Waals surface area contributed by atoms with Gasteiger partial charge in [0.05, 0.1) is 0 Å². The molecule has 0 saturated heterocycles. The third-order valence-electron chi connectivity index (χ3n) is 1.94. The van der Waals surface area contributed by atoms with Crippen LogP contribution in [0.1, 0.15) is 26.3 Å². The van der Waals surface area contributed by atoms with Crippen molar-refractivity contribution in [2.24, 2.45) is 0 Å². The Morgan fingerprint density at radius 3 is 2.75 bits per heavy atom. The van der Waals surface area contributed by atoms with Gasteiger partial charge in [0.1, 0.15) is 12.2 Å². The molecule has 1 amide bonds. The summed E-state index contributed by atoms with van der Waals surface area (Å²) in [6.07, 6.45) is -0.511. The Labute approximate surface area is 119 Å². The first-order valence-electron chi connectivity index (χ1n) is 6.10. The van der Waals surface area contributed by atoms with E-state index < -0.39 is 11.7 Å². The molecule has 0 fully saturated rings. The maximum absolute atomic E-state index is 11.6. The Hall–Kier alpha value is -2.43. The van der Waals surface area contributed by atoms with Gasteiger partial charge in [-0.25, -0.2) is 4.79 Å². The van der Waals surface area contributed by atoms with Crippen LogP contribution in [-0.2, 0) is 4.74 Å². The quantitative estimate of drug-likeness (QED) is 0.771. The monoisotopic (exact) mass is 271 g/mol. The van der Waals surface area contributed by atoms with Crippen LogP contribution in [0.3, 0.4) is 0 Å². The van der Waals surface area contributed by atoms with E-state index in [4.69, 9.17) is 9.84 Å². The number of amides is 1. The van der Waals surface area contributed by atoms with Gasteiger partial charge in [0.15, 0.2) is 0 Å². The maximum atomic E-state index is 11.6. The average Bonchev–Trinajstić information content (AvgIpc) is 2.32. The molecule has 0 bridgehead atoms. The number of anilines is 1. The smallest absolute Gasteiger partial charge is 0.412 e. The van der Waals surface area contributed by atoms with Gasteiger partial charge < -0.3 is 9.84 Å². The van der Waals surface area contributed by atoms with Gasteiger partial charge in [-0.05, 0) is 50.8 Å². The molecule has 0 saturated carbocycles. The van der Waals surface area contributed by atoms with Crippen molar-refractivity contribution in [2.75, 3.05) is 11.9 Å². The third-order valence-corrected chi connectivity index (χ3v) is 1.94. The Morgan fingerprint density at radius 1 is 1.35 bits per heavy atom. The predicted octanol–water partition coefficient (Wildman–Crippen LogP) is 2.38. The summed E-state index contributed by atoms with van der Waals surface area (Å²) in [5.74, 6) is 10.4. The van der Waals surface area contributed by atoms with Crippen molar-refractivity contribution in [3.8, 4) is 23.7 Å². The topological polar surface area (TPSA) is 58.6 Å². The van der Waals surface area contributed by atoms with E-state index in [9.17, 15) is 4.79 Å². The van der Waals surface area contributed by atoms with Crippen LogP contribution in [0.2, 0.25) is 0 Å². The lowest BCUT2D eigenvalue weighted by Gasteiger charge is -2.19.